The van der Waals surface area contributed by atoms with Crippen LogP contribution in [0.25, 0.3) is 0 Å². The summed E-state index contributed by atoms with van der Waals surface area (Å²) >= 11 is 0. The molecule has 0 atom stereocenters. The van der Waals surface area contributed by atoms with E-state index in [-0.39, 0.29) is 5.60 Å². The molecule has 0 aliphatic rings. The molecule has 1 heterocycles. The van der Waals surface area contributed by atoms with Gasteiger partial charge in [0.25, 0.3) is 0 Å². The number of aromatic nitrogens is 2. The van der Waals surface area contributed by atoms with Crippen LogP contribution in [-0.2, 0) is 0 Å². The number of hydrogen-bond donors (Lipinski definition) is 1. The minimum atomic E-state index is -0.198. The van der Waals surface area contributed by atoms with Crippen LogP contribution in [0.3, 0.4) is 0 Å². The van der Waals surface area contributed by atoms with Crippen molar-refractivity contribution in [3.63, 3.8) is 0 Å². The Kier molecular flexibility index (Phi) is 3.73. The molecule has 0 unspecified atom stereocenters. The summed E-state index contributed by atoms with van der Waals surface area (Å²) in [5.41, 5.74) is 0.756. The quantitative estimate of drug-likeness (QED) is 0.852. The van der Waals surface area contributed by atoms with Crippen LogP contribution in [0.1, 0.15) is 38.6 Å². The maximum atomic E-state index is 5.91. The van der Waals surface area contributed by atoms with Gasteiger partial charge < -0.3 is 10.1 Å². The number of nitrogens with zero attached hydrogens (tertiary/aromatic N) is 2. The Morgan fingerprint density at radius 3 is 2.38 bits per heavy atom. The van der Waals surface area contributed by atoms with Gasteiger partial charge in [-0.2, -0.15) is 4.98 Å². The van der Waals surface area contributed by atoms with E-state index >= 15 is 0 Å². The summed E-state index contributed by atoms with van der Waals surface area (Å²) in [4.78, 5) is 8.65. The zero-order valence-electron chi connectivity index (χ0n) is 11.0. The average Bonchev–Trinajstić information content (AvgIpc) is 2.22. The number of rotatable bonds is 4. The summed E-state index contributed by atoms with van der Waals surface area (Å²) < 4.78 is 5.91. The highest BCUT2D eigenvalue weighted by Gasteiger charge is 2.20. The molecule has 0 amide bonds. The molecule has 1 aromatic heterocycles. The van der Waals surface area contributed by atoms with Gasteiger partial charge in [0.05, 0.1) is 5.56 Å². The van der Waals surface area contributed by atoms with Crippen LogP contribution in [0.5, 0.6) is 5.88 Å². The predicted octanol–water partition coefficient (Wildman–Crippen LogP) is 2.70. The van der Waals surface area contributed by atoms with Crippen molar-refractivity contribution in [2.45, 2.75) is 46.6 Å². The fourth-order valence-corrected chi connectivity index (χ4v) is 1.28. The standard InChI is InChI=1S/C12H21N3O/c1-7-12(4,5)16-11-8(2)10(13-6)14-9(3)15-11/h7H2,1-6H3,(H,13,14,15). The number of hydrogen-bond acceptors (Lipinski definition) is 4. The predicted molar refractivity (Wildman–Crippen MR) is 66.1 cm³/mol. The summed E-state index contributed by atoms with van der Waals surface area (Å²) in [6.07, 6.45) is 0.935. The van der Waals surface area contributed by atoms with Gasteiger partial charge >= 0.3 is 0 Å². The lowest BCUT2D eigenvalue weighted by Crippen LogP contribution is -2.28. The maximum Gasteiger partial charge on any atom is 0.222 e. The number of ether oxygens (including phenoxy) is 1. The third-order valence-electron chi connectivity index (χ3n) is 2.67. The highest BCUT2D eigenvalue weighted by atomic mass is 16.5. The SMILES string of the molecule is CCC(C)(C)Oc1nc(C)nc(NC)c1C. The molecule has 0 aromatic carbocycles. The highest BCUT2D eigenvalue weighted by molar-refractivity contribution is 5.48. The summed E-state index contributed by atoms with van der Waals surface area (Å²) in [6.45, 7) is 10.0. The van der Waals surface area contributed by atoms with Crippen molar-refractivity contribution in [1.29, 1.82) is 0 Å². The molecule has 0 bridgehead atoms. The molecule has 1 rings (SSSR count). The van der Waals surface area contributed by atoms with Crippen LogP contribution in [0, 0.1) is 13.8 Å². The number of nitrogens with one attached hydrogen (secondary N) is 1. The molecule has 0 saturated carbocycles. The van der Waals surface area contributed by atoms with Crippen LogP contribution < -0.4 is 10.1 Å². The summed E-state index contributed by atoms with van der Waals surface area (Å²) in [5, 5.41) is 3.05. The maximum absolute atomic E-state index is 5.91. The van der Waals surface area contributed by atoms with Gasteiger partial charge in [0.15, 0.2) is 0 Å². The first-order chi connectivity index (χ1) is 7.39. The van der Waals surface area contributed by atoms with Crippen molar-refractivity contribution in [1.82, 2.24) is 9.97 Å². The van der Waals surface area contributed by atoms with E-state index in [0.717, 1.165) is 23.6 Å². The van der Waals surface area contributed by atoms with Crippen LogP contribution in [-0.4, -0.2) is 22.6 Å². The van der Waals surface area contributed by atoms with Gasteiger partial charge in [0, 0.05) is 7.05 Å². The molecule has 0 fully saturated rings. The monoisotopic (exact) mass is 223 g/mol. The van der Waals surface area contributed by atoms with Crippen LogP contribution >= 0.6 is 0 Å². The van der Waals surface area contributed by atoms with Gasteiger partial charge in [-0.15, -0.1) is 0 Å². The van der Waals surface area contributed by atoms with Crippen LogP contribution in [0.4, 0.5) is 5.82 Å². The first-order valence-corrected chi connectivity index (χ1v) is 5.61. The molecule has 0 radical (unpaired) electrons. The Morgan fingerprint density at radius 1 is 1.25 bits per heavy atom. The molecule has 1 aromatic rings. The van der Waals surface area contributed by atoms with E-state index in [4.69, 9.17) is 4.74 Å². The topological polar surface area (TPSA) is 47.0 Å². The van der Waals surface area contributed by atoms with E-state index in [0.29, 0.717) is 5.88 Å². The first-order valence-electron chi connectivity index (χ1n) is 5.61. The number of aryl methyl sites for hydroxylation is 1. The Balaban J connectivity index is 3.09. The lowest BCUT2D eigenvalue weighted by Gasteiger charge is -2.25. The van der Waals surface area contributed by atoms with Crippen molar-refractivity contribution in [3.8, 4) is 5.88 Å². The van der Waals surface area contributed by atoms with E-state index in [1.165, 1.54) is 0 Å². The smallest absolute Gasteiger partial charge is 0.222 e. The van der Waals surface area contributed by atoms with Crippen molar-refractivity contribution >= 4 is 5.82 Å². The van der Waals surface area contributed by atoms with Gasteiger partial charge in [0.1, 0.15) is 17.2 Å². The molecule has 0 aliphatic carbocycles. The third kappa shape index (κ3) is 2.84. The fourth-order valence-electron chi connectivity index (χ4n) is 1.28. The second-order valence-electron chi connectivity index (χ2n) is 4.51. The van der Waals surface area contributed by atoms with Crippen LogP contribution in [0.15, 0.2) is 0 Å². The van der Waals surface area contributed by atoms with Gasteiger partial charge in [-0.3, -0.25) is 0 Å². The summed E-state index contributed by atoms with van der Waals surface area (Å²) in [7, 11) is 1.85. The molecule has 0 spiro atoms. The normalized spacial score (nSPS) is 11.4. The third-order valence-corrected chi connectivity index (χ3v) is 2.67. The Morgan fingerprint density at radius 2 is 1.88 bits per heavy atom. The van der Waals surface area contributed by atoms with E-state index in [9.17, 15) is 0 Å². The van der Waals surface area contributed by atoms with Crippen LogP contribution in [0.2, 0.25) is 0 Å². The summed E-state index contributed by atoms with van der Waals surface area (Å²) in [6, 6.07) is 0. The lowest BCUT2D eigenvalue weighted by atomic mass is 10.1. The molecule has 90 valence electrons. The first kappa shape index (κ1) is 12.7. The summed E-state index contributed by atoms with van der Waals surface area (Å²) in [5.74, 6) is 2.22. The van der Waals surface area contributed by atoms with Crippen molar-refractivity contribution in [2.24, 2.45) is 0 Å². The zero-order chi connectivity index (χ0) is 12.3. The van der Waals surface area contributed by atoms with Gasteiger partial charge in [-0.1, -0.05) is 6.92 Å². The van der Waals surface area contributed by atoms with Crippen molar-refractivity contribution in [2.75, 3.05) is 12.4 Å². The minimum Gasteiger partial charge on any atom is -0.471 e. The average molecular weight is 223 g/mol. The molecule has 16 heavy (non-hydrogen) atoms. The second-order valence-corrected chi connectivity index (χ2v) is 4.51. The van der Waals surface area contributed by atoms with E-state index in [2.05, 4.69) is 36.1 Å². The molecule has 4 nitrogen and oxygen atoms in total. The van der Waals surface area contributed by atoms with Gasteiger partial charge in [0.2, 0.25) is 5.88 Å². The molecule has 0 aliphatic heterocycles. The fraction of sp³-hybridized carbons (Fsp3) is 0.667. The number of anilines is 1. The van der Waals surface area contributed by atoms with Gasteiger partial charge in [-0.25, -0.2) is 4.98 Å². The Labute approximate surface area is 97.5 Å². The zero-order valence-corrected chi connectivity index (χ0v) is 11.0. The lowest BCUT2D eigenvalue weighted by molar-refractivity contribution is 0.0977. The minimum absolute atomic E-state index is 0.198. The molecule has 1 N–H and O–H groups in total. The van der Waals surface area contributed by atoms with E-state index in [1.54, 1.807) is 0 Å². The molecular weight excluding hydrogens is 202 g/mol. The van der Waals surface area contributed by atoms with Crippen molar-refractivity contribution < 1.29 is 4.74 Å². The molecule has 0 saturated heterocycles. The van der Waals surface area contributed by atoms with Crippen molar-refractivity contribution in [3.05, 3.63) is 11.4 Å². The highest BCUT2D eigenvalue weighted by Crippen LogP contribution is 2.26. The molecule has 4 heteroatoms. The molecular formula is C12H21N3O. The van der Waals surface area contributed by atoms with Gasteiger partial charge in [-0.05, 0) is 34.1 Å². The van der Waals surface area contributed by atoms with E-state index in [1.807, 2.05) is 20.9 Å². The Bertz CT molecular complexity index is 375. The Hall–Kier alpha value is -1.32. The second kappa shape index (κ2) is 4.68. The largest absolute Gasteiger partial charge is 0.471 e. The van der Waals surface area contributed by atoms with E-state index < -0.39 is 0 Å².